The Labute approximate surface area is 128 Å². The Kier molecular flexibility index (Phi) is 6.25. The summed E-state index contributed by atoms with van der Waals surface area (Å²) in [7, 11) is 0. The van der Waals surface area contributed by atoms with Crippen LogP contribution in [-0.2, 0) is 21.4 Å². The zero-order chi connectivity index (χ0) is 16.0. The monoisotopic (exact) mass is 292 g/mol. The molecule has 0 aliphatic carbocycles. The molecular formula is C18H28O3. The summed E-state index contributed by atoms with van der Waals surface area (Å²) in [4.78, 5) is 11.7. The van der Waals surface area contributed by atoms with E-state index in [0.717, 1.165) is 29.5 Å². The molecule has 0 unspecified atom stereocenters. The van der Waals surface area contributed by atoms with Gasteiger partial charge in [0.2, 0.25) is 0 Å². The van der Waals surface area contributed by atoms with Crippen LogP contribution in [0.3, 0.4) is 0 Å². The van der Waals surface area contributed by atoms with Gasteiger partial charge in [0, 0.05) is 6.42 Å². The summed E-state index contributed by atoms with van der Waals surface area (Å²) in [6.45, 7) is 10.7. The Balaban J connectivity index is 2.72. The Bertz CT molecular complexity index is 484. The predicted octanol–water partition coefficient (Wildman–Crippen LogP) is 4.27. The van der Waals surface area contributed by atoms with Crippen LogP contribution >= 0.6 is 0 Å². The number of ether oxygens (including phenoxy) is 1. The van der Waals surface area contributed by atoms with Crippen LogP contribution in [0.2, 0.25) is 0 Å². The van der Waals surface area contributed by atoms with Crippen molar-refractivity contribution in [2.24, 2.45) is 0 Å². The first-order chi connectivity index (χ1) is 9.75. The van der Waals surface area contributed by atoms with Gasteiger partial charge >= 0.3 is 5.97 Å². The summed E-state index contributed by atoms with van der Waals surface area (Å²) in [5.41, 5.74) is 2.74. The van der Waals surface area contributed by atoms with E-state index in [9.17, 15) is 9.90 Å². The van der Waals surface area contributed by atoms with Crippen molar-refractivity contribution in [3.05, 3.63) is 28.8 Å². The summed E-state index contributed by atoms with van der Waals surface area (Å²) in [5, 5.41) is 10.2. The molecule has 0 radical (unpaired) electrons. The van der Waals surface area contributed by atoms with E-state index in [-0.39, 0.29) is 11.4 Å². The summed E-state index contributed by atoms with van der Waals surface area (Å²) in [6, 6.07) is 3.95. The second-order valence-electron chi connectivity index (χ2n) is 6.63. The van der Waals surface area contributed by atoms with Crippen LogP contribution in [0.1, 0.15) is 63.6 Å². The van der Waals surface area contributed by atoms with E-state index in [1.807, 2.05) is 19.1 Å². The number of phenols is 1. The lowest BCUT2D eigenvalue weighted by atomic mass is 9.83. The molecule has 1 aromatic carbocycles. The third-order valence-electron chi connectivity index (χ3n) is 3.55. The van der Waals surface area contributed by atoms with Gasteiger partial charge in [0.15, 0.2) is 0 Å². The number of esters is 1. The average molecular weight is 292 g/mol. The summed E-state index contributed by atoms with van der Waals surface area (Å²) < 4.78 is 5.17. The molecule has 0 aliphatic rings. The number of rotatable bonds is 6. The maximum absolute atomic E-state index is 11.7. The lowest BCUT2D eigenvalue weighted by Crippen LogP contribution is -2.13. The Morgan fingerprint density at radius 1 is 1.29 bits per heavy atom. The molecule has 0 atom stereocenters. The summed E-state index contributed by atoms with van der Waals surface area (Å²) in [5.74, 6) is 0.211. The van der Waals surface area contributed by atoms with Crippen molar-refractivity contribution in [1.29, 1.82) is 0 Å². The minimum absolute atomic E-state index is 0.119. The Hall–Kier alpha value is -1.51. The maximum Gasteiger partial charge on any atom is 0.306 e. The van der Waals surface area contributed by atoms with Crippen LogP contribution in [0.25, 0.3) is 0 Å². The van der Waals surface area contributed by atoms with Crippen molar-refractivity contribution in [3.63, 3.8) is 0 Å². The van der Waals surface area contributed by atoms with E-state index in [0.29, 0.717) is 25.2 Å². The van der Waals surface area contributed by atoms with Crippen LogP contribution in [0.5, 0.6) is 5.75 Å². The molecule has 0 spiro atoms. The van der Waals surface area contributed by atoms with Gasteiger partial charge in [0.1, 0.15) is 5.75 Å². The number of aryl methyl sites for hydroxylation is 2. The van der Waals surface area contributed by atoms with E-state index >= 15 is 0 Å². The lowest BCUT2D eigenvalue weighted by Gasteiger charge is -2.22. The van der Waals surface area contributed by atoms with Gasteiger partial charge in [-0.2, -0.15) is 0 Å². The molecule has 0 fully saturated rings. The van der Waals surface area contributed by atoms with Crippen LogP contribution in [0.15, 0.2) is 12.1 Å². The number of carbonyl (C=O) groups is 1. The van der Waals surface area contributed by atoms with E-state index in [1.54, 1.807) is 0 Å². The normalized spacial score (nSPS) is 11.5. The fourth-order valence-electron chi connectivity index (χ4n) is 2.22. The molecule has 0 bridgehead atoms. The summed E-state index contributed by atoms with van der Waals surface area (Å²) >= 11 is 0. The molecule has 0 amide bonds. The fraction of sp³-hybridized carbons (Fsp3) is 0.611. The van der Waals surface area contributed by atoms with Crippen molar-refractivity contribution in [1.82, 2.24) is 0 Å². The second-order valence-corrected chi connectivity index (χ2v) is 6.63. The van der Waals surface area contributed by atoms with Gasteiger partial charge in [-0.3, -0.25) is 4.79 Å². The topological polar surface area (TPSA) is 46.5 Å². The molecule has 1 N–H and O–H groups in total. The Morgan fingerprint density at radius 3 is 2.52 bits per heavy atom. The SMILES string of the molecule is CCCCOC(=O)CCc1cc(C)c(O)c(C(C)(C)C)c1. The molecule has 0 aliphatic heterocycles. The van der Waals surface area contributed by atoms with Gasteiger partial charge < -0.3 is 9.84 Å². The largest absolute Gasteiger partial charge is 0.507 e. The first-order valence-corrected chi connectivity index (χ1v) is 7.74. The lowest BCUT2D eigenvalue weighted by molar-refractivity contribution is -0.143. The highest BCUT2D eigenvalue weighted by Crippen LogP contribution is 2.34. The number of hydrogen-bond acceptors (Lipinski definition) is 3. The third kappa shape index (κ3) is 5.41. The van der Waals surface area contributed by atoms with Crippen molar-refractivity contribution in [2.45, 2.75) is 65.7 Å². The van der Waals surface area contributed by atoms with Crippen molar-refractivity contribution >= 4 is 5.97 Å². The van der Waals surface area contributed by atoms with Crippen molar-refractivity contribution in [2.75, 3.05) is 6.61 Å². The molecule has 3 heteroatoms. The second kappa shape index (κ2) is 7.48. The van der Waals surface area contributed by atoms with E-state index < -0.39 is 0 Å². The first kappa shape index (κ1) is 17.5. The number of aromatic hydroxyl groups is 1. The minimum atomic E-state index is -0.147. The fourth-order valence-corrected chi connectivity index (χ4v) is 2.22. The van der Waals surface area contributed by atoms with Crippen LogP contribution in [0.4, 0.5) is 0 Å². The van der Waals surface area contributed by atoms with Gasteiger partial charge in [-0.1, -0.05) is 46.2 Å². The average Bonchev–Trinajstić information content (AvgIpc) is 2.39. The zero-order valence-corrected chi connectivity index (χ0v) is 14.0. The molecule has 1 rings (SSSR count). The smallest absolute Gasteiger partial charge is 0.306 e. The predicted molar refractivity (Wildman–Crippen MR) is 85.7 cm³/mol. The molecule has 1 aromatic rings. The van der Waals surface area contributed by atoms with Crippen LogP contribution in [-0.4, -0.2) is 17.7 Å². The quantitative estimate of drug-likeness (QED) is 0.629. The number of hydrogen-bond donors (Lipinski definition) is 1. The van der Waals surface area contributed by atoms with Gasteiger partial charge in [0.25, 0.3) is 0 Å². The maximum atomic E-state index is 11.7. The highest BCUT2D eigenvalue weighted by atomic mass is 16.5. The molecule has 3 nitrogen and oxygen atoms in total. The van der Waals surface area contributed by atoms with Crippen molar-refractivity contribution < 1.29 is 14.6 Å². The Morgan fingerprint density at radius 2 is 1.95 bits per heavy atom. The number of unbranched alkanes of at least 4 members (excludes halogenated alkanes) is 1. The standard InChI is InChI=1S/C18H28O3/c1-6-7-10-21-16(19)9-8-14-11-13(2)17(20)15(12-14)18(3,4)5/h11-12,20H,6-10H2,1-5H3. The molecule has 0 saturated carbocycles. The van der Waals surface area contributed by atoms with Crippen LogP contribution < -0.4 is 0 Å². The van der Waals surface area contributed by atoms with E-state index in [4.69, 9.17) is 4.74 Å². The van der Waals surface area contributed by atoms with Gasteiger partial charge in [-0.05, 0) is 41.9 Å². The number of phenolic OH excluding ortho intramolecular Hbond substituents is 1. The van der Waals surface area contributed by atoms with Gasteiger partial charge in [0.05, 0.1) is 6.61 Å². The van der Waals surface area contributed by atoms with Gasteiger partial charge in [-0.15, -0.1) is 0 Å². The van der Waals surface area contributed by atoms with E-state index in [1.165, 1.54) is 0 Å². The summed E-state index contributed by atoms with van der Waals surface area (Å²) in [6.07, 6.45) is 2.98. The van der Waals surface area contributed by atoms with Gasteiger partial charge in [-0.25, -0.2) is 0 Å². The molecule has 21 heavy (non-hydrogen) atoms. The highest BCUT2D eigenvalue weighted by Gasteiger charge is 2.20. The van der Waals surface area contributed by atoms with E-state index in [2.05, 4.69) is 27.7 Å². The third-order valence-corrected chi connectivity index (χ3v) is 3.55. The first-order valence-electron chi connectivity index (χ1n) is 7.74. The molecule has 118 valence electrons. The van der Waals surface area contributed by atoms with Crippen LogP contribution in [0, 0.1) is 6.92 Å². The minimum Gasteiger partial charge on any atom is -0.507 e. The number of carbonyl (C=O) groups excluding carboxylic acids is 1. The molecule has 0 saturated heterocycles. The molecule has 0 heterocycles. The molecular weight excluding hydrogens is 264 g/mol. The zero-order valence-electron chi connectivity index (χ0n) is 14.0. The highest BCUT2D eigenvalue weighted by molar-refractivity contribution is 5.69. The number of benzene rings is 1. The molecule has 0 aromatic heterocycles. The van der Waals surface area contributed by atoms with Crippen molar-refractivity contribution in [3.8, 4) is 5.75 Å².